The highest BCUT2D eigenvalue weighted by Crippen LogP contribution is 2.31. The summed E-state index contributed by atoms with van der Waals surface area (Å²) in [6.45, 7) is 5.67. The molecular weight excluding hydrogens is 422 g/mol. The third kappa shape index (κ3) is 4.11. The van der Waals surface area contributed by atoms with Crippen molar-refractivity contribution in [3.63, 3.8) is 0 Å². The van der Waals surface area contributed by atoms with E-state index in [1.165, 1.54) is 39.9 Å². The molecule has 1 aliphatic rings. The molecule has 0 saturated carbocycles. The number of nitrogens with one attached hydrogen (secondary N) is 1. The molecule has 3 aromatic rings. The number of para-hydroxylation sites is 1. The van der Waals surface area contributed by atoms with Crippen LogP contribution < -0.4 is 5.32 Å². The fourth-order valence-electron chi connectivity index (χ4n) is 3.37. The largest absolute Gasteiger partial charge is 0.379 e. The lowest BCUT2D eigenvalue weighted by atomic mass is 10.0. The first-order valence-electron chi connectivity index (χ1n) is 9.75. The Morgan fingerprint density at radius 2 is 1.83 bits per heavy atom. The fraction of sp³-hybridized carbons (Fsp3) is 0.333. The Balaban J connectivity index is 1.52. The number of sulfonamides is 1. The van der Waals surface area contributed by atoms with Crippen molar-refractivity contribution in [2.75, 3.05) is 31.6 Å². The molecule has 1 N–H and O–H groups in total. The Labute approximate surface area is 179 Å². The Morgan fingerprint density at radius 1 is 1.13 bits per heavy atom. The summed E-state index contributed by atoms with van der Waals surface area (Å²) in [4.78, 5) is 17.4. The van der Waals surface area contributed by atoms with E-state index in [-0.39, 0.29) is 10.8 Å². The van der Waals surface area contributed by atoms with Crippen molar-refractivity contribution in [2.45, 2.75) is 24.7 Å². The standard InChI is InChI=1S/C21H23N3O4S2/c1-14(2)17-4-3-5-18-19(17)22-21(29-18)23-20(25)15-6-8-16(9-7-15)30(26,27)24-10-12-28-13-11-24/h3-9,14H,10-13H2,1-2H3,(H,22,23,25). The maximum Gasteiger partial charge on any atom is 0.257 e. The van der Waals surface area contributed by atoms with Crippen molar-refractivity contribution >= 4 is 42.6 Å². The van der Waals surface area contributed by atoms with Crippen LogP contribution in [-0.4, -0.2) is 49.9 Å². The zero-order valence-corrected chi connectivity index (χ0v) is 18.4. The van der Waals surface area contributed by atoms with Crippen LogP contribution in [0.15, 0.2) is 47.4 Å². The molecule has 1 saturated heterocycles. The van der Waals surface area contributed by atoms with Gasteiger partial charge in [0.15, 0.2) is 5.13 Å². The van der Waals surface area contributed by atoms with Gasteiger partial charge in [0.25, 0.3) is 5.91 Å². The third-order valence-corrected chi connectivity index (χ3v) is 7.87. The molecule has 7 nitrogen and oxygen atoms in total. The van der Waals surface area contributed by atoms with E-state index < -0.39 is 10.0 Å². The smallest absolute Gasteiger partial charge is 0.257 e. The van der Waals surface area contributed by atoms with Crippen molar-refractivity contribution in [2.24, 2.45) is 0 Å². The zero-order chi connectivity index (χ0) is 21.3. The lowest BCUT2D eigenvalue weighted by Crippen LogP contribution is -2.40. The van der Waals surface area contributed by atoms with Gasteiger partial charge in [-0.3, -0.25) is 10.1 Å². The first-order valence-corrected chi connectivity index (χ1v) is 12.0. The number of fused-ring (bicyclic) bond motifs is 1. The van der Waals surface area contributed by atoms with Crippen LogP contribution in [0.3, 0.4) is 0 Å². The van der Waals surface area contributed by atoms with Crippen LogP contribution in [0, 0.1) is 0 Å². The van der Waals surface area contributed by atoms with Crippen molar-refractivity contribution < 1.29 is 17.9 Å². The summed E-state index contributed by atoms with van der Waals surface area (Å²) in [5.74, 6) is 0.00999. The van der Waals surface area contributed by atoms with E-state index in [2.05, 4.69) is 24.1 Å². The van der Waals surface area contributed by atoms with E-state index >= 15 is 0 Å². The SMILES string of the molecule is CC(C)c1cccc2sc(NC(=O)c3ccc(S(=O)(=O)N4CCOCC4)cc3)nc12. The van der Waals surface area contributed by atoms with Gasteiger partial charge in [-0.2, -0.15) is 4.31 Å². The first-order chi connectivity index (χ1) is 14.4. The minimum absolute atomic E-state index is 0.169. The number of hydrogen-bond acceptors (Lipinski definition) is 6. The van der Waals surface area contributed by atoms with Gasteiger partial charge in [0.2, 0.25) is 10.0 Å². The van der Waals surface area contributed by atoms with Crippen LogP contribution in [-0.2, 0) is 14.8 Å². The minimum atomic E-state index is -3.58. The van der Waals surface area contributed by atoms with E-state index in [1.807, 2.05) is 18.2 Å². The second kappa shape index (κ2) is 8.43. The highest BCUT2D eigenvalue weighted by Gasteiger charge is 2.26. The summed E-state index contributed by atoms with van der Waals surface area (Å²) < 4.78 is 33.0. The summed E-state index contributed by atoms with van der Waals surface area (Å²) in [5.41, 5.74) is 2.42. The van der Waals surface area contributed by atoms with Gasteiger partial charge in [-0.1, -0.05) is 37.3 Å². The fourth-order valence-corrected chi connectivity index (χ4v) is 5.68. The minimum Gasteiger partial charge on any atom is -0.379 e. The number of carbonyl (C=O) groups is 1. The summed E-state index contributed by atoms with van der Waals surface area (Å²) in [6, 6.07) is 12.0. The topological polar surface area (TPSA) is 88.6 Å². The zero-order valence-electron chi connectivity index (χ0n) is 16.8. The number of ether oxygens (including phenoxy) is 1. The molecule has 1 aromatic heterocycles. The van der Waals surface area contributed by atoms with Gasteiger partial charge >= 0.3 is 0 Å². The third-order valence-electron chi connectivity index (χ3n) is 5.02. The molecule has 0 aliphatic carbocycles. The highest BCUT2D eigenvalue weighted by molar-refractivity contribution is 7.89. The van der Waals surface area contributed by atoms with Gasteiger partial charge in [0, 0.05) is 18.7 Å². The number of morpholine rings is 1. The van der Waals surface area contributed by atoms with Crippen LogP contribution in [0.2, 0.25) is 0 Å². The molecule has 4 rings (SSSR count). The monoisotopic (exact) mass is 445 g/mol. The summed E-state index contributed by atoms with van der Waals surface area (Å²) in [5, 5.41) is 3.35. The number of nitrogens with zero attached hydrogens (tertiary/aromatic N) is 2. The number of rotatable bonds is 5. The predicted octanol–water partition coefficient (Wildman–Crippen LogP) is 3.69. The molecule has 0 atom stereocenters. The molecule has 30 heavy (non-hydrogen) atoms. The molecule has 2 aromatic carbocycles. The number of benzene rings is 2. The lowest BCUT2D eigenvalue weighted by Gasteiger charge is -2.26. The summed E-state index contributed by atoms with van der Waals surface area (Å²) in [7, 11) is -3.58. The molecule has 0 radical (unpaired) electrons. The van der Waals surface area contributed by atoms with E-state index in [9.17, 15) is 13.2 Å². The number of aromatic nitrogens is 1. The molecule has 0 bridgehead atoms. The van der Waals surface area contributed by atoms with Crippen molar-refractivity contribution in [1.29, 1.82) is 0 Å². The number of carbonyl (C=O) groups excluding carboxylic acids is 1. The molecule has 158 valence electrons. The molecule has 1 fully saturated rings. The second-order valence-corrected chi connectivity index (χ2v) is 10.3. The van der Waals surface area contributed by atoms with Crippen LogP contribution in [0.5, 0.6) is 0 Å². The van der Waals surface area contributed by atoms with Crippen LogP contribution in [0.1, 0.15) is 35.7 Å². The molecule has 0 spiro atoms. The van der Waals surface area contributed by atoms with E-state index in [0.717, 1.165) is 15.8 Å². The van der Waals surface area contributed by atoms with Gasteiger partial charge in [0.1, 0.15) is 0 Å². The van der Waals surface area contributed by atoms with Gasteiger partial charge in [-0.25, -0.2) is 13.4 Å². The molecule has 0 unspecified atom stereocenters. The first kappa shape index (κ1) is 20.9. The van der Waals surface area contributed by atoms with Gasteiger partial charge in [0.05, 0.1) is 28.3 Å². The van der Waals surface area contributed by atoms with Crippen molar-refractivity contribution in [1.82, 2.24) is 9.29 Å². The van der Waals surface area contributed by atoms with Crippen LogP contribution in [0.4, 0.5) is 5.13 Å². The number of anilines is 1. The molecule has 1 aliphatic heterocycles. The Kier molecular flexibility index (Phi) is 5.88. The number of hydrogen-bond donors (Lipinski definition) is 1. The number of amides is 1. The molecule has 2 heterocycles. The molecule has 1 amide bonds. The second-order valence-electron chi connectivity index (χ2n) is 7.36. The molecule has 9 heteroatoms. The lowest BCUT2D eigenvalue weighted by molar-refractivity contribution is 0.0730. The van der Waals surface area contributed by atoms with Crippen LogP contribution in [0.25, 0.3) is 10.2 Å². The van der Waals surface area contributed by atoms with E-state index in [1.54, 1.807) is 0 Å². The Hall–Kier alpha value is -2.33. The van der Waals surface area contributed by atoms with Crippen molar-refractivity contribution in [3.05, 3.63) is 53.6 Å². The normalized spacial score (nSPS) is 15.6. The van der Waals surface area contributed by atoms with Crippen molar-refractivity contribution in [3.8, 4) is 0 Å². The van der Waals surface area contributed by atoms with E-state index in [4.69, 9.17) is 4.74 Å². The predicted molar refractivity (Wildman–Crippen MR) is 118 cm³/mol. The summed E-state index contributed by atoms with van der Waals surface area (Å²) >= 11 is 1.42. The Bertz CT molecular complexity index is 1160. The highest BCUT2D eigenvalue weighted by atomic mass is 32.2. The van der Waals surface area contributed by atoms with Gasteiger partial charge in [-0.05, 0) is 41.8 Å². The van der Waals surface area contributed by atoms with Gasteiger partial charge in [-0.15, -0.1) is 0 Å². The van der Waals surface area contributed by atoms with Crippen LogP contribution >= 0.6 is 11.3 Å². The van der Waals surface area contributed by atoms with E-state index in [0.29, 0.717) is 42.9 Å². The number of thiazole rings is 1. The Morgan fingerprint density at radius 3 is 2.50 bits per heavy atom. The average molecular weight is 446 g/mol. The van der Waals surface area contributed by atoms with Gasteiger partial charge < -0.3 is 4.74 Å². The molecular formula is C21H23N3O4S2. The summed E-state index contributed by atoms with van der Waals surface area (Å²) in [6.07, 6.45) is 0. The maximum absolute atomic E-state index is 12.7. The maximum atomic E-state index is 12.7. The average Bonchev–Trinajstić information content (AvgIpc) is 3.16. The quantitative estimate of drug-likeness (QED) is 0.647.